The van der Waals surface area contributed by atoms with Gasteiger partial charge in [0.25, 0.3) is 11.5 Å². The third-order valence-electron chi connectivity index (χ3n) is 4.66. The SMILES string of the molecule is CCc1cc(C(=O)N2CCCC[C@@H]2c2cc(=O)n3ccnc3[nH]2)no1. The number of rotatable bonds is 3. The van der Waals surface area contributed by atoms with Crippen molar-refractivity contribution in [2.45, 2.75) is 38.6 Å². The Hall–Kier alpha value is -2.90. The van der Waals surface area contributed by atoms with Gasteiger partial charge in [-0.3, -0.25) is 14.0 Å². The number of H-pyrrole nitrogens is 1. The van der Waals surface area contributed by atoms with Crippen molar-refractivity contribution in [2.24, 2.45) is 0 Å². The molecule has 3 aromatic rings. The maximum Gasteiger partial charge on any atom is 0.276 e. The molecule has 1 saturated heterocycles. The van der Waals surface area contributed by atoms with Crippen LogP contribution in [0.25, 0.3) is 5.78 Å². The topological polar surface area (TPSA) is 96.5 Å². The lowest BCUT2D eigenvalue weighted by molar-refractivity contribution is 0.0595. The number of fused-ring (bicyclic) bond motifs is 1. The third kappa shape index (κ3) is 2.73. The summed E-state index contributed by atoms with van der Waals surface area (Å²) in [4.78, 5) is 34.3. The number of carbonyl (C=O) groups excluding carboxylic acids is 1. The predicted molar refractivity (Wildman–Crippen MR) is 89.3 cm³/mol. The maximum absolute atomic E-state index is 12.9. The van der Waals surface area contributed by atoms with E-state index in [0.29, 0.717) is 35.9 Å². The number of aryl methyl sites for hydroxylation is 1. The molecule has 1 N–H and O–H groups in total. The summed E-state index contributed by atoms with van der Waals surface area (Å²) in [5, 5.41) is 3.89. The van der Waals surface area contributed by atoms with Crippen LogP contribution in [0.4, 0.5) is 0 Å². The highest BCUT2D eigenvalue weighted by Gasteiger charge is 2.31. The minimum atomic E-state index is -0.197. The fourth-order valence-corrected chi connectivity index (χ4v) is 3.35. The van der Waals surface area contributed by atoms with Gasteiger partial charge >= 0.3 is 0 Å². The highest BCUT2D eigenvalue weighted by Crippen LogP contribution is 2.30. The molecule has 4 rings (SSSR count). The highest BCUT2D eigenvalue weighted by molar-refractivity contribution is 5.92. The molecule has 1 amide bonds. The van der Waals surface area contributed by atoms with Gasteiger partial charge in [0, 0.05) is 43.2 Å². The first kappa shape index (κ1) is 15.6. The molecule has 0 bridgehead atoms. The summed E-state index contributed by atoms with van der Waals surface area (Å²) in [5.41, 5.74) is 0.859. The summed E-state index contributed by atoms with van der Waals surface area (Å²) >= 11 is 0. The summed E-state index contributed by atoms with van der Waals surface area (Å²) < 4.78 is 6.61. The average Bonchev–Trinajstić information content (AvgIpc) is 3.30. The van der Waals surface area contributed by atoms with Crippen LogP contribution in [0.1, 0.15) is 54.2 Å². The van der Waals surface area contributed by atoms with Crippen molar-refractivity contribution in [1.82, 2.24) is 24.4 Å². The van der Waals surface area contributed by atoms with Gasteiger partial charge in [0.05, 0.1) is 6.04 Å². The quantitative estimate of drug-likeness (QED) is 0.785. The zero-order chi connectivity index (χ0) is 17.4. The summed E-state index contributed by atoms with van der Waals surface area (Å²) in [6, 6.07) is 3.04. The van der Waals surface area contributed by atoms with Gasteiger partial charge in [0.2, 0.25) is 5.78 Å². The molecule has 0 radical (unpaired) electrons. The van der Waals surface area contributed by atoms with Gasteiger partial charge in [-0.15, -0.1) is 0 Å². The molecular formula is C17H19N5O3. The Morgan fingerprint density at radius 1 is 1.40 bits per heavy atom. The van der Waals surface area contributed by atoms with E-state index in [1.807, 2.05) is 6.92 Å². The lowest BCUT2D eigenvalue weighted by atomic mass is 9.98. The number of imidazole rings is 1. The number of nitrogens with zero attached hydrogens (tertiary/aromatic N) is 4. The number of hydrogen-bond acceptors (Lipinski definition) is 5. The number of nitrogens with one attached hydrogen (secondary N) is 1. The first-order chi connectivity index (χ1) is 12.2. The molecule has 25 heavy (non-hydrogen) atoms. The molecule has 0 spiro atoms. The summed E-state index contributed by atoms with van der Waals surface area (Å²) in [5.74, 6) is 0.997. The minimum Gasteiger partial charge on any atom is -0.361 e. The normalized spacial score (nSPS) is 18.0. The molecule has 3 aromatic heterocycles. The van der Waals surface area contributed by atoms with E-state index in [0.717, 1.165) is 19.3 Å². The number of likely N-dealkylation sites (tertiary alicyclic amines) is 1. The molecule has 0 saturated carbocycles. The predicted octanol–water partition coefficient (Wildman–Crippen LogP) is 1.94. The number of aromatic nitrogens is 4. The van der Waals surface area contributed by atoms with Crippen LogP contribution >= 0.6 is 0 Å². The van der Waals surface area contributed by atoms with Crippen LogP contribution in [-0.4, -0.2) is 36.9 Å². The van der Waals surface area contributed by atoms with E-state index in [4.69, 9.17) is 4.52 Å². The molecule has 1 aliphatic heterocycles. The largest absolute Gasteiger partial charge is 0.361 e. The van der Waals surface area contributed by atoms with Crippen molar-refractivity contribution < 1.29 is 9.32 Å². The Morgan fingerprint density at radius 2 is 2.28 bits per heavy atom. The molecule has 1 fully saturated rings. The van der Waals surface area contributed by atoms with Crippen LogP contribution in [0, 0.1) is 0 Å². The molecule has 0 aliphatic carbocycles. The zero-order valence-electron chi connectivity index (χ0n) is 13.9. The molecule has 0 unspecified atom stereocenters. The second kappa shape index (κ2) is 6.19. The number of piperidine rings is 1. The number of amides is 1. The second-order valence-corrected chi connectivity index (χ2v) is 6.23. The zero-order valence-corrected chi connectivity index (χ0v) is 13.9. The summed E-state index contributed by atoms with van der Waals surface area (Å²) in [6.07, 6.45) is 6.59. The van der Waals surface area contributed by atoms with Crippen LogP contribution in [0.5, 0.6) is 0 Å². The van der Waals surface area contributed by atoms with Crippen LogP contribution in [0.2, 0.25) is 0 Å². The van der Waals surface area contributed by atoms with Crippen molar-refractivity contribution in [2.75, 3.05) is 6.54 Å². The molecule has 1 atom stereocenters. The van der Waals surface area contributed by atoms with E-state index < -0.39 is 0 Å². The van der Waals surface area contributed by atoms with E-state index in [9.17, 15) is 9.59 Å². The van der Waals surface area contributed by atoms with E-state index in [1.54, 1.807) is 29.4 Å². The molecule has 1 aliphatic rings. The number of hydrogen-bond donors (Lipinski definition) is 1. The van der Waals surface area contributed by atoms with Crippen LogP contribution < -0.4 is 5.56 Å². The van der Waals surface area contributed by atoms with E-state index in [1.165, 1.54) is 4.40 Å². The lowest BCUT2D eigenvalue weighted by Crippen LogP contribution is -2.39. The van der Waals surface area contributed by atoms with Crippen molar-refractivity contribution in [3.05, 3.63) is 52.0 Å². The standard InChI is InChI=1S/C17H19N5O3/c1-2-11-9-13(20-25-11)16(24)21-7-4-3-5-14(21)12-10-15(23)22-8-6-18-17(22)19-12/h6,8-10,14H,2-5,7H2,1H3,(H,18,19)/t14-/m1/s1. The number of carbonyl (C=O) groups is 1. The van der Waals surface area contributed by atoms with Crippen molar-refractivity contribution in [3.63, 3.8) is 0 Å². The molecule has 0 aromatic carbocycles. The van der Waals surface area contributed by atoms with Gasteiger partial charge in [-0.2, -0.15) is 0 Å². The van der Waals surface area contributed by atoms with Crippen LogP contribution in [-0.2, 0) is 6.42 Å². The Balaban J connectivity index is 1.70. The fraction of sp³-hybridized carbons (Fsp3) is 0.412. The molecule has 130 valence electrons. The van der Waals surface area contributed by atoms with Gasteiger partial charge in [0.1, 0.15) is 5.76 Å². The monoisotopic (exact) mass is 341 g/mol. The smallest absolute Gasteiger partial charge is 0.276 e. The Bertz CT molecular complexity index is 970. The van der Waals surface area contributed by atoms with Gasteiger partial charge in [0.15, 0.2) is 5.69 Å². The number of aromatic amines is 1. The van der Waals surface area contributed by atoms with Gasteiger partial charge < -0.3 is 14.4 Å². The van der Waals surface area contributed by atoms with Crippen LogP contribution in [0.3, 0.4) is 0 Å². The van der Waals surface area contributed by atoms with Gasteiger partial charge in [-0.05, 0) is 19.3 Å². The maximum atomic E-state index is 12.9. The Morgan fingerprint density at radius 3 is 3.08 bits per heavy atom. The van der Waals surface area contributed by atoms with Gasteiger partial charge in [-0.25, -0.2) is 4.98 Å². The molecular weight excluding hydrogens is 322 g/mol. The fourth-order valence-electron chi connectivity index (χ4n) is 3.35. The molecule has 8 nitrogen and oxygen atoms in total. The first-order valence-corrected chi connectivity index (χ1v) is 8.50. The highest BCUT2D eigenvalue weighted by atomic mass is 16.5. The van der Waals surface area contributed by atoms with Crippen LogP contribution in [0.15, 0.2) is 33.8 Å². The summed E-state index contributed by atoms with van der Waals surface area (Å²) in [7, 11) is 0. The average molecular weight is 341 g/mol. The van der Waals surface area contributed by atoms with Gasteiger partial charge in [-0.1, -0.05) is 12.1 Å². The summed E-state index contributed by atoms with van der Waals surface area (Å²) in [6.45, 7) is 2.57. The van der Waals surface area contributed by atoms with Crippen molar-refractivity contribution in [3.8, 4) is 0 Å². The first-order valence-electron chi connectivity index (χ1n) is 8.50. The van der Waals surface area contributed by atoms with Crippen molar-refractivity contribution in [1.29, 1.82) is 0 Å². The molecule has 8 heteroatoms. The van der Waals surface area contributed by atoms with Crippen molar-refractivity contribution >= 4 is 11.7 Å². The van der Waals surface area contributed by atoms with E-state index in [-0.39, 0.29) is 17.5 Å². The Kier molecular flexibility index (Phi) is 3.87. The van der Waals surface area contributed by atoms with E-state index in [2.05, 4.69) is 15.1 Å². The second-order valence-electron chi connectivity index (χ2n) is 6.23. The third-order valence-corrected chi connectivity index (χ3v) is 4.66. The Labute approximate surface area is 143 Å². The van der Waals surface area contributed by atoms with E-state index >= 15 is 0 Å². The molecule has 4 heterocycles. The minimum absolute atomic E-state index is 0.158. The lowest BCUT2D eigenvalue weighted by Gasteiger charge is -2.35.